The molecule has 1 aliphatic carbocycles. The predicted molar refractivity (Wildman–Crippen MR) is 98.1 cm³/mol. The fourth-order valence-corrected chi connectivity index (χ4v) is 3.25. The van der Waals surface area contributed by atoms with E-state index in [1.807, 2.05) is 18.2 Å². The molecule has 0 saturated heterocycles. The topological polar surface area (TPSA) is 60.1 Å². The lowest BCUT2D eigenvalue weighted by molar-refractivity contribution is -0.137. The van der Waals surface area contributed by atoms with Gasteiger partial charge >= 0.3 is 5.97 Å². The number of hydrogen-bond acceptors (Lipinski definition) is 3. The van der Waals surface area contributed by atoms with Gasteiger partial charge in [-0.3, -0.25) is 4.79 Å². The molecule has 0 aliphatic heterocycles. The minimum absolute atomic E-state index is 0.124. The molecule has 0 amide bonds. The normalized spacial score (nSPS) is 15.1. The molecule has 1 aliphatic rings. The molecule has 0 spiro atoms. The summed E-state index contributed by atoms with van der Waals surface area (Å²) in [5.41, 5.74) is 2.94. The Morgan fingerprint density at radius 3 is 2.50 bits per heavy atom. The van der Waals surface area contributed by atoms with Crippen LogP contribution in [0.15, 0.2) is 42.5 Å². The minimum atomic E-state index is -0.744. The van der Waals surface area contributed by atoms with Crippen molar-refractivity contribution in [1.82, 2.24) is 0 Å². The summed E-state index contributed by atoms with van der Waals surface area (Å²) in [6.45, 7) is 8.01. The van der Waals surface area contributed by atoms with Crippen LogP contribution < -0.4 is 9.47 Å². The van der Waals surface area contributed by atoms with E-state index in [1.165, 1.54) is 5.56 Å². The van der Waals surface area contributed by atoms with Crippen molar-refractivity contribution in [2.45, 2.75) is 31.6 Å². The van der Waals surface area contributed by atoms with Crippen molar-refractivity contribution in [2.75, 3.05) is 13.2 Å². The van der Waals surface area contributed by atoms with Crippen LogP contribution in [0.3, 0.4) is 0 Å². The average Bonchev–Trinajstić information content (AvgIpc) is 3.03. The average molecular weight is 351 g/mol. The van der Waals surface area contributed by atoms with Gasteiger partial charge in [0.15, 0.2) is 5.69 Å². The maximum atomic E-state index is 10.9. The van der Waals surface area contributed by atoms with Crippen LogP contribution in [0.1, 0.15) is 36.3 Å². The van der Waals surface area contributed by atoms with Gasteiger partial charge in [0.05, 0.1) is 26.2 Å². The maximum absolute atomic E-state index is 10.9. The van der Waals surface area contributed by atoms with Gasteiger partial charge < -0.3 is 14.6 Å². The summed E-state index contributed by atoms with van der Waals surface area (Å²) in [7, 11) is 0. The predicted octanol–water partition coefficient (Wildman–Crippen LogP) is 4.59. The highest BCUT2D eigenvalue weighted by molar-refractivity contribution is 5.68. The first-order chi connectivity index (χ1) is 12.7. The molecular weight excluding hydrogens is 330 g/mol. The molecule has 5 nitrogen and oxygen atoms in total. The van der Waals surface area contributed by atoms with Gasteiger partial charge in [-0.05, 0) is 54.2 Å². The zero-order chi connectivity index (χ0) is 18.4. The molecule has 134 valence electrons. The summed E-state index contributed by atoms with van der Waals surface area (Å²) in [6.07, 6.45) is 2.75. The number of nitrogens with zero attached hydrogens (tertiary/aromatic N) is 1. The van der Waals surface area contributed by atoms with Gasteiger partial charge in [0, 0.05) is 6.42 Å². The zero-order valence-electron chi connectivity index (χ0n) is 14.5. The van der Waals surface area contributed by atoms with Crippen molar-refractivity contribution in [3.63, 3.8) is 0 Å². The first-order valence-corrected chi connectivity index (χ1v) is 8.73. The summed E-state index contributed by atoms with van der Waals surface area (Å²) >= 11 is 0. The smallest absolute Gasteiger partial charge is 0.303 e. The number of rotatable bonds is 8. The number of hydrogen-bond donors (Lipinski definition) is 1. The Morgan fingerprint density at radius 2 is 1.81 bits per heavy atom. The molecule has 2 aromatic rings. The summed E-state index contributed by atoms with van der Waals surface area (Å²) in [5, 5.41) is 8.98. The Balaban J connectivity index is 1.43. The fourth-order valence-electron chi connectivity index (χ4n) is 3.25. The van der Waals surface area contributed by atoms with Crippen LogP contribution in [0.4, 0.5) is 5.69 Å². The monoisotopic (exact) mass is 351 g/mol. The fraction of sp³-hybridized carbons (Fsp3) is 0.333. The molecule has 0 heterocycles. The van der Waals surface area contributed by atoms with Gasteiger partial charge in [0.25, 0.3) is 0 Å². The van der Waals surface area contributed by atoms with Crippen LogP contribution in [0, 0.1) is 6.57 Å². The Labute approximate surface area is 153 Å². The number of fused-ring (bicyclic) bond motifs is 1. The maximum Gasteiger partial charge on any atom is 0.303 e. The molecule has 0 bridgehead atoms. The molecular formula is C21H21NO4. The Hall–Kier alpha value is -3.00. The van der Waals surface area contributed by atoms with E-state index in [4.69, 9.17) is 21.2 Å². The largest absolute Gasteiger partial charge is 0.494 e. The van der Waals surface area contributed by atoms with E-state index in [1.54, 1.807) is 24.3 Å². The summed E-state index contributed by atoms with van der Waals surface area (Å²) < 4.78 is 11.4. The number of carboxylic acid groups (broad SMARTS) is 1. The molecule has 0 unspecified atom stereocenters. The third-order valence-corrected chi connectivity index (χ3v) is 4.53. The van der Waals surface area contributed by atoms with Crippen LogP contribution >= 0.6 is 0 Å². The van der Waals surface area contributed by atoms with Crippen LogP contribution in [-0.4, -0.2) is 24.3 Å². The molecule has 1 atom stereocenters. The second-order valence-corrected chi connectivity index (χ2v) is 6.35. The minimum Gasteiger partial charge on any atom is -0.494 e. The van der Waals surface area contributed by atoms with E-state index < -0.39 is 5.97 Å². The SMILES string of the molecule is [C-]#[N+]c1ccc(OCCCOc2ccc3c(c2)CC[C@H]3CC(=O)O)cc1. The van der Waals surface area contributed by atoms with E-state index in [-0.39, 0.29) is 12.3 Å². The van der Waals surface area contributed by atoms with E-state index in [0.717, 1.165) is 36.3 Å². The lowest BCUT2D eigenvalue weighted by Gasteiger charge is -2.11. The van der Waals surface area contributed by atoms with Gasteiger partial charge in [0.1, 0.15) is 11.5 Å². The van der Waals surface area contributed by atoms with Crippen molar-refractivity contribution in [3.8, 4) is 11.5 Å². The second kappa shape index (κ2) is 8.39. The van der Waals surface area contributed by atoms with E-state index in [0.29, 0.717) is 18.9 Å². The zero-order valence-corrected chi connectivity index (χ0v) is 14.5. The summed E-state index contributed by atoms with van der Waals surface area (Å²) in [4.78, 5) is 14.3. The highest BCUT2D eigenvalue weighted by Gasteiger charge is 2.24. The first-order valence-electron chi connectivity index (χ1n) is 8.73. The quantitative estimate of drug-likeness (QED) is 0.558. The summed E-state index contributed by atoms with van der Waals surface area (Å²) in [5.74, 6) is 0.951. The molecule has 0 radical (unpaired) electrons. The van der Waals surface area contributed by atoms with Gasteiger partial charge in [-0.15, -0.1) is 0 Å². The first kappa shape index (κ1) is 17.8. The van der Waals surface area contributed by atoms with Crippen molar-refractivity contribution in [2.24, 2.45) is 0 Å². The second-order valence-electron chi connectivity index (χ2n) is 6.35. The van der Waals surface area contributed by atoms with Gasteiger partial charge in [-0.25, -0.2) is 4.85 Å². The molecule has 2 aromatic carbocycles. The van der Waals surface area contributed by atoms with Gasteiger partial charge in [-0.1, -0.05) is 18.2 Å². The molecule has 0 aromatic heterocycles. The number of carbonyl (C=O) groups is 1. The molecule has 5 heteroatoms. The van der Waals surface area contributed by atoms with Crippen LogP contribution in [0.5, 0.6) is 11.5 Å². The Kier molecular flexibility index (Phi) is 5.75. The number of aliphatic carboxylic acids is 1. The highest BCUT2D eigenvalue weighted by atomic mass is 16.5. The van der Waals surface area contributed by atoms with Gasteiger partial charge in [0.2, 0.25) is 0 Å². The third kappa shape index (κ3) is 4.54. The Bertz CT molecular complexity index is 808. The van der Waals surface area contributed by atoms with Crippen molar-refractivity contribution >= 4 is 11.7 Å². The van der Waals surface area contributed by atoms with E-state index in [9.17, 15) is 4.79 Å². The molecule has 1 N–H and O–H groups in total. The number of carboxylic acids is 1. The lowest BCUT2D eigenvalue weighted by Crippen LogP contribution is -2.05. The van der Waals surface area contributed by atoms with E-state index in [2.05, 4.69) is 4.85 Å². The number of aryl methyl sites for hydroxylation is 1. The third-order valence-electron chi connectivity index (χ3n) is 4.53. The van der Waals surface area contributed by atoms with Crippen LogP contribution in [0.2, 0.25) is 0 Å². The standard InChI is InChI=1S/C21H21NO4/c1-22-17-5-7-18(8-6-17)25-11-2-12-26-19-9-10-20-15(13-19)3-4-16(20)14-21(23)24/h5-10,13,16H,2-4,11-12,14H2,(H,23,24)/t16-/m0/s1. The van der Waals surface area contributed by atoms with E-state index >= 15 is 0 Å². The summed E-state index contributed by atoms with van der Waals surface area (Å²) in [6, 6.07) is 13.0. The van der Waals surface area contributed by atoms with Crippen LogP contribution in [-0.2, 0) is 11.2 Å². The molecule has 26 heavy (non-hydrogen) atoms. The molecule has 0 saturated carbocycles. The lowest BCUT2D eigenvalue weighted by atomic mass is 9.98. The molecule has 3 rings (SSSR count). The van der Waals surface area contributed by atoms with Crippen molar-refractivity contribution in [1.29, 1.82) is 0 Å². The Morgan fingerprint density at radius 1 is 1.12 bits per heavy atom. The van der Waals surface area contributed by atoms with Crippen LogP contribution in [0.25, 0.3) is 4.85 Å². The number of benzene rings is 2. The molecule has 0 fully saturated rings. The van der Waals surface area contributed by atoms with Gasteiger partial charge in [-0.2, -0.15) is 0 Å². The van der Waals surface area contributed by atoms with Crippen molar-refractivity contribution < 1.29 is 19.4 Å². The highest BCUT2D eigenvalue weighted by Crippen LogP contribution is 2.37. The number of ether oxygens (including phenoxy) is 2. The van der Waals surface area contributed by atoms with Crippen molar-refractivity contribution in [3.05, 3.63) is 65.0 Å².